The molecule has 0 unspecified atom stereocenters. The van der Waals surface area contributed by atoms with Crippen molar-refractivity contribution in [3.8, 4) is 29.9 Å². The zero-order valence-corrected chi connectivity index (χ0v) is 15.5. The van der Waals surface area contributed by atoms with Gasteiger partial charge in [-0.25, -0.2) is 0 Å². The molecule has 29 heavy (non-hydrogen) atoms. The standard InChI is InChI=1S/C21H17N3O5/c1-3-10-29-19-9-8-15(12-20(19)28-4-2)11-16(14-22)21(25)23-17-6-5-7-18(13-17)24(26)27/h1,5-9,11-13H,4,10H2,2H3,(H,23,25)/b16-11+. The third kappa shape index (κ3) is 5.84. The zero-order valence-electron chi connectivity index (χ0n) is 15.5. The molecule has 0 fully saturated rings. The number of nitrogens with one attached hydrogen (secondary N) is 1. The maximum atomic E-state index is 12.4. The maximum Gasteiger partial charge on any atom is 0.271 e. The second kappa shape index (κ2) is 10.1. The van der Waals surface area contributed by atoms with E-state index in [9.17, 15) is 20.2 Å². The number of carbonyl (C=O) groups is 1. The van der Waals surface area contributed by atoms with Crippen LogP contribution < -0.4 is 14.8 Å². The number of amides is 1. The number of rotatable bonds is 8. The Morgan fingerprint density at radius 2 is 2.07 bits per heavy atom. The van der Waals surface area contributed by atoms with E-state index in [1.165, 1.54) is 30.3 Å². The lowest BCUT2D eigenvalue weighted by Crippen LogP contribution is -2.13. The molecular weight excluding hydrogens is 374 g/mol. The van der Waals surface area contributed by atoms with E-state index in [0.29, 0.717) is 23.7 Å². The van der Waals surface area contributed by atoms with E-state index in [-0.39, 0.29) is 23.6 Å². The van der Waals surface area contributed by atoms with Gasteiger partial charge < -0.3 is 14.8 Å². The highest BCUT2D eigenvalue weighted by Crippen LogP contribution is 2.29. The topological polar surface area (TPSA) is 114 Å². The van der Waals surface area contributed by atoms with Crippen LogP contribution in [-0.4, -0.2) is 24.0 Å². The molecule has 0 aliphatic heterocycles. The molecule has 0 saturated carbocycles. The number of ether oxygens (including phenoxy) is 2. The molecule has 0 bridgehead atoms. The summed E-state index contributed by atoms with van der Waals surface area (Å²) in [6.07, 6.45) is 6.57. The van der Waals surface area contributed by atoms with Gasteiger partial charge in [0.1, 0.15) is 18.2 Å². The Bertz CT molecular complexity index is 1030. The quantitative estimate of drug-likeness (QED) is 0.242. The van der Waals surface area contributed by atoms with E-state index in [0.717, 1.165) is 0 Å². The van der Waals surface area contributed by atoms with E-state index in [1.807, 2.05) is 6.07 Å². The van der Waals surface area contributed by atoms with E-state index in [4.69, 9.17) is 15.9 Å². The van der Waals surface area contributed by atoms with Gasteiger partial charge in [0.2, 0.25) is 0 Å². The number of benzene rings is 2. The monoisotopic (exact) mass is 391 g/mol. The Labute approximate surface area is 167 Å². The van der Waals surface area contributed by atoms with Gasteiger partial charge in [0.05, 0.1) is 11.5 Å². The minimum Gasteiger partial charge on any atom is -0.490 e. The molecule has 2 rings (SSSR count). The summed E-state index contributed by atoms with van der Waals surface area (Å²) in [4.78, 5) is 22.7. The van der Waals surface area contributed by atoms with Crippen molar-refractivity contribution in [2.24, 2.45) is 0 Å². The maximum absolute atomic E-state index is 12.4. The molecule has 0 saturated heterocycles. The van der Waals surface area contributed by atoms with Crippen LogP contribution in [-0.2, 0) is 4.79 Å². The summed E-state index contributed by atoms with van der Waals surface area (Å²) < 4.78 is 10.9. The third-order valence-corrected chi connectivity index (χ3v) is 3.57. The number of non-ortho nitro benzene ring substituents is 1. The smallest absolute Gasteiger partial charge is 0.271 e. The number of anilines is 1. The van der Waals surface area contributed by atoms with Crippen LogP contribution in [0, 0.1) is 33.8 Å². The highest BCUT2D eigenvalue weighted by molar-refractivity contribution is 6.09. The van der Waals surface area contributed by atoms with Gasteiger partial charge >= 0.3 is 0 Å². The summed E-state index contributed by atoms with van der Waals surface area (Å²) in [7, 11) is 0. The molecule has 0 aliphatic rings. The number of nitriles is 1. The minimum atomic E-state index is -0.696. The summed E-state index contributed by atoms with van der Waals surface area (Å²) in [5.74, 6) is 2.54. The van der Waals surface area contributed by atoms with E-state index < -0.39 is 10.8 Å². The molecule has 0 radical (unpaired) electrons. The number of terminal acetylenes is 1. The molecule has 0 atom stereocenters. The molecule has 2 aromatic rings. The predicted molar refractivity (Wildman–Crippen MR) is 107 cm³/mol. The summed E-state index contributed by atoms with van der Waals surface area (Å²) in [5.41, 5.74) is 0.385. The number of carbonyl (C=O) groups excluding carboxylic acids is 1. The van der Waals surface area contributed by atoms with Crippen LogP contribution in [0.25, 0.3) is 6.08 Å². The molecule has 0 spiro atoms. The highest BCUT2D eigenvalue weighted by Gasteiger charge is 2.13. The van der Waals surface area contributed by atoms with Gasteiger partial charge in [0, 0.05) is 17.8 Å². The lowest BCUT2D eigenvalue weighted by molar-refractivity contribution is -0.384. The first-order valence-corrected chi connectivity index (χ1v) is 8.49. The predicted octanol–water partition coefficient (Wildman–Crippen LogP) is 3.55. The Morgan fingerprint density at radius 1 is 1.28 bits per heavy atom. The van der Waals surface area contributed by atoms with Gasteiger partial charge in [-0.05, 0) is 36.8 Å². The number of nitrogens with zero attached hydrogens (tertiary/aromatic N) is 2. The number of nitro groups is 1. The van der Waals surface area contributed by atoms with Crippen LogP contribution in [0.15, 0.2) is 48.0 Å². The second-order valence-electron chi connectivity index (χ2n) is 5.56. The fourth-order valence-electron chi connectivity index (χ4n) is 2.33. The zero-order chi connectivity index (χ0) is 21.2. The Hall–Kier alpha value is -4.30. The molecule has 2 aromatic carbocycles. The van der Waals surface area contributed by atoms with Crippen LogP contribution in [0.1, 0.15) is 12.5 Å². The lowest BCUT2D eigenvalue weighted by atomic mass is 10.1. The summed E-state index contributed by atoms with van der Waals surface area (Å²) in [5, 5.41) is 22.7. The molecule has 0 aliphatic carbocycles. The Balaban J connectivity index is 2.26. The van der Waals surface area contributed by atoms with Crippen molar-refractivity contribution in [1.82, 2.24) is 0 Å². The van der Waals surface area contributed by atoms with Crippen molar-refractivity contribution in [2.75, 3.05) is 18.5 Å². The van der Waals surface area contributed by atoms with Crippen molar-refractivity contribution in [2.45, 2.75) is 6.92 Å². The molecule has 0 aromatic heterocycles. The summed E-state index contributed by atoms with van der Waals surface area (Å²) in [6, 6.07) is 12.2. The van der Waals surface area contributed by atoms with Gasteiger partial charge in [0.15, 0.2) is 11.5 Å². The lowest BCUT2D eigenvalue weighted by Gasteiger charge is -2.11. The fraction of sp³-hybridized carbons (Fsp3) is 0.143. The highest BCUT2D eigenvalue weighted by atomic mass is 16.6. The van der Waals surface area contributed by atoms with Gasteiger partial charge in [-0.2, -0.15) is 5.26 Å². The second-order valence-corrected chi connectivity index (χ2v) is 5.56. The van der Waals surface area contributed by atoms with Crippen molar-refractivity contribution in [3.05, 3.63) is 63.7 Å². The van der Waals surface area contributed by atoms with Crippen LogP contribution in [0.5, 0.6) is 11.5 Å². The van der Waals surface area contributed by atoms with Crippen LogP contribution in [0.4, 0.5) is 11.4 Å². The van der Waals surface area contributed by atoms with E-state index >= 15 is 0 Å². The van der Waals surface area contributed by atoms with E-state index in [1.54, 1.807) is 25.1 Å². The molecule has 0 heterocycles. The van der Waals surface area contributed by atoms with Crippen molar-refractivity contribution in [1.29, 1.82) is 5.26 Å². The first-order valence-electron chi connectivity index (χ1n) is 8.49. The number of hydrogen-bond donors (Lipinski definition) is 1. The van der Waals surface area contributed by atoms with Gasteiger partial charge in [0.25, 0.3) is 11.6 Å². The first-order chi connectivity index (χ1) is 14.0. The average molecular weight is 391 g/mol. The SMILES string of the molecule is C#CCOc1ccc(/C=C(\C#N)C(=O)Nc2cccc([N+](=O)[O-])c2)cc1OCC. The Morgan fingerprint density at radius 3 is 2.72 bits per heavy atom. The third-order valence-electron chi connectivity index (χ3n) is 3.57. The van der Waals surface area contributed by atoms with Gasteiger partial charge in [-0.3, -0.25) is 14.9 Å². The summed E-state index contributed by atoms with van der Waals surface area (Å²) in [6.45, 7) is 2.27. The van der Waals surface area contributed by atoms with Crippen molar-refractivity contribution < 1.29 is 19.2 Å². The van der Waals surface area contributed by atoms with Crippen LogP contribution in [0.3, 0.4) is 0 Å². The van der Waals surface area contributed by atoms with Crippen molar-refractivity contribution in [3.63, 3.8) is 0 Å². The van der Waals surface area contributed by atoms with Gasteiger partial charge in [-0.15, -0.1) is 6.42 Å². The number of nitro benzene ring substituents is 1. The molecule has 146 valence electrons. The van der Waals surface area contributed by atoms with E-state index in [2.05, 4.69) is 11.2 Å². The van der Waals surface area contributed by atoms with Crippen molar-refractivity contribution >= 4 is 23.4 Å². The molecular formula is C21H17N3O5. The largest absolute Gasteiger partial charge is 0.490 e. The normalized spacial score (nSPS) is 10.4. The summed E-state index contributed by atoms with van der Waals surface area (Å²) >= 11 is 0. The Kier molecular flexibility index (Phi) is 7.35. The van der Waals surface area contributed by atoms with Gasteiger partial charge in [-0.1, -0.05) is 18.1 Å². The molecule has 8 heteroatoms. The fourth-order valence-corrected chi connectivity index (χ4v) is 2.33. The molecule has 1 amide bonds. The average Bonchev–Trinajstić information content (AvgIpc) is 2.71. The molecule has 1 N–H and O–H groups in total. The van der Waals surface area contributed by atoms with Crippen LogP contribution in [0.2, 0.25) is 0 Å². The minimum absolute atomic E-state index is 0.0737. The molecule has 8 nitrogen and oxygen atoms in total. The van der Waals surface area contributed by atoms with Crippen LogP contribution >= 0.6 is 0 Å². The first kappa shape index (κ1) is 21.0. The number of hydrogen-bond acceptors (Lipinski definition) is 6.